The third-order valence-electron chi connectivity index (χ3n) is 1.67. The lowest BCUT2D eigenvalue weighted by Gasteiger charge is -2.11. The summed E-state index contributed by atoms with van der Waals surface area (Å²) in [6.45, 7) is 5.75. The van der Waals surface area contributed by atoms with Gasteiger partial charge in [0.05, 0.1) is 6.54 Å². The van der Waals surface area contributed by atoms with E-state index in [2.05, 4.69) is 10.6 Å². The molecule has 0 aliphatic rings. The molecule has 0 aromatic carbocycles. The van der Waals surface area contributed by atoms with Gasteiger partial charge in [-0.1, -0.05) is 6.92 Å². The number of nitrogens with one attached hydrogen (secondary N) is 2. The van der Waals surface area contributed by atoms with Gasteiger partial charge in [-0.05, 0) is 13.8 Å². The predicted molar refractivity (Wildman–Crippen MR) is 54.5 cm³/mol. The Labute approximate surface area is 84.4 Å². The number of hydrogen-bond donors (Lipinski definition) is 3. The number of nitrogens with two attached hydrogens (primary N) is 1. The van der Waals surface area contributed by atoms with Gasteiger partial charge in [0.25, 0.3) is 0 Å². The molecule has 1 unspecified atom stereocenters. The van der Waals surface area contributed by atoms with Crippen LogP contribution in [0.2, 0.25) is 0 Å². The number of carbonyl (C=O) groups is 2. The van der Waals surface area contributed by atoms with E-state index < -0.39 is 0 Å². The highest BCUT2D eigenvalue weighted by Gasteiger charge is 2.11. The first-order chi connectivity index (χ1) is 6.47. The van der Waals surface area contributed by atoms with Crippen molar-refractivity contribution in [1.82, 2.24) is 10.6 Å². The second-order valence-corrected chi connectivity index (χ2v) is 3.58. The van der Waals surface area contributed by atoms with Crippen LogP contribution in [-0.4, -0.2) is 30.9 Å². The van der Waals surface area contributed by atoms with Crippen molar-refractivity contribution in [3.05, 3.63) is 0 Å². The van der Waals surface area contributed by atoms with Gasteiger partial charge >= 0.3 is 0 Å². The van der Waals surface area contributed by atoms with Crippen LogP contribution in [0.3, 0.4) is 0 Å². The first-order valence-corrected chi connectivity index (χ1v) is 4.74. The van der Waals surface area contributed by atoms with Gasteiger partial charge in [-0.2, -0.15) is 0 Å². The van der Waals surface area contributed by atoms with Crippen LogP contribution in [0.25, 0.3) is 0 Å². The summed E-state index contributed by atoms with van der Waals surface area (Å²) < 4.78 is 0. The third kappa shape index (κ3) is 5.53. The van der Waals surface area contributed by atoms with Crippen molar-refractivity contribution in [2.75, 3.05) is 13.1 Å². The fourth-order valence-electron chi connectivity index (χ4n) is 0.822. The molecule has 82 valence electrons. The highest BCUT2D eigenvalue weighted by atomic mass is 16.2. The lowest BCUT2D eigenvalue weighted by atomic mass is 10.2. The van der Waals surface area contributed by atoms with Gasteiger partial charge in [0.15, 0.2) is 0 Å². The van der Waals surface area contributed by atoms with E-state index in [0.29, 0.717) is 0 Å². The molecule has 0 aliphatic carbocycles. The zero-order valence-corrected chi connectivity index (χ0v) is 8.96. The van der Waals surface area contributed by atoms with Crippen molar-refractivity contribution >= 4 is 11.8 Å². The second-order valence-electron chi connectivity index (χ2n) is 3.58. The fraction of sp³-hybridized carbons (Fsp3) is 0.778. The van der Waals surface area contributed by atoms with Gasteiger partial charge in [0.2, 0.25) is 11.8 Å². The van der Waals surface area contributed by atoms with Crippen LogP contribution in [0.4, 0.5) is 0 Å². The SMILES string of the molecule is CC(C)NC(=O)CNC(=O)C(C)CN. The Morgan fingerprint density at radius 1 is 1.29 bits per heavy atom. The van der Waals surface area contributed by atoms with Crippen molar-refractivity contribution in [3.63, 3.8) is 0 Å². The first kappa shape index (κ1) is 12.9. The molecule has 0 saturated carbocycles. The van der Waals surface area contributed by atoms with E-state index in [0.717, 1.165) is 0 Å². The molecule has 1 atom stereocenters. The molecular weight excluding hydrogens is 182 g/mol. The van der Waals surface area contributed by atoms with E-state index in [4.69, 9.17) is 5.73 Å². The highest BCUT2D eigenvalue weighted by Crippen LogP contribution is 1.89. The summed E-state index contributed by atoms with van der Waals surface area (Å²) in [5, 5.41) is 5.18. The van der Waals surface area contributed by atoms with E-state index in [1.54, 1.807) is 6.92 Å². The van der Waals surface area contributed by atoms with E-state index in [1.165, 1.54) is 0 Å². The van der Waals surface area contributed by atoms with Crippen molar-refractivity contribution < 1.29 is 9.59 Å². The van der Waals surface area contributed by atoms with Gasteiger partial charge in [0, 0.05) is 18.5 Å². The predicted octanol–water partition coefficient (Wildman–Crippen LogP) is -0.778. The van der Waals surface area contributed by atoms with Crippen LogP contribution in [0.5, 0.6) is 0 Å². The molecule has 0 aliphatic heterocycles. The third-order valence-corrected chi connectivity index (χ3v) is 1.67. The Morgan fingerprint density at radius 2 is 1.86 bits per heavy atom. The Hall–Kier alpha value is -1.10. The van der Waals surface area contributed by atoms with Crippen molar-refractivity contribution in [1.29, 1.82) is 0 Å². The van der Waals surface area contributed by atoms with Crippen molar-refractivity contribution in [2.45, 2.75) is 26.8 Å². The zero-order chi connectivity index (χ0) is 11.1. The Balaban J connectivity index is 3.72. The first-order valence-electron chi connectivity index (χ1n) is 4.74. The molecule has 0 rings (SSSR count). The maximum atomic E-state index is 11.2. The quantitative estimate of drug-likeness (QED) is 0.545. The molecule has 0 radical (unpaired) electrons. The molecule has 4 N–H and O–H groups in total. The number of carbonyl (C=O) groups excluding carboxylic acids is 2. The number of amides is 2. The summed E-state index contributed by atoms with van der Waals surface area (Å²) in [6.07, 6.45) is 0. The molecule has 0 saturated heterocycles. The topological polar surface area (TPSA) is 84.2 Å². The van der Waals surface area contributed by atoms with Crippen molar-refractivity contribution in [3.8, 4) is 0 Å². The number of rotatable bonds is 5. The lowest BCUT2D eigenvalue weighted by molar-refractivity contribution is -0.128. The van der Waals surface area contributed by atoms with E-state index in [1.807, 2.05) is 13.8 Å². The van der Waals surface area contributed by atoms with Crippen LogP contribution in [0.15, 0.2) is 0 Å². The molecule has 5 heteroatoms. The van der Waals surface area contributed by atoms with Crippen LogP contribution in [0, 0.1) is 5.92 Å². The molecule has 0 bridgehead atoms. The highest BCUT2D eigenvalue weighted by molar-refractivity contribution is 5.85. The van der Waals surface area contributed by atoms with Gasteiger partial charge in [-0.15, -0.1) is 0 Å². The minimum Gasteiger partial charge on any atom is -0.352 e. The summed E-state index contributed by atoms with van der Waals surface area (Å²) >= 11 is 0. The van der Waals surface area contributed by atoms with E-state index in [9.17, 15) is 9.59 Å². The van der Waals surface area contributed by atoms with E-state index in [-0.39, 0.29) is 36.9 Å². The van der Waals surface area contributed by atoms with Gasteiger partial charge in [-0.25, -0.2) is 0 Å². The summed E-state index contributed by atoms with van der Waals surface area (Å²) in [7, 11) is 0. The average Bonchev–Trinajstić information content (AvgIpc) is 2.11. The zero-order valence-electron chi connectivity index (χ0n) is 8.96. The molecular formula is C9H19N3O2. The minimum absolute atomic E-state index is 0.0152. The monoisotopic (exact) mass is 201 g/mol. The van der Waals surface area contributed by atoms with Gasteiger partial charge in [-0.3, -0.25) is 9.59 Å². The average molecular weight is 201 g/mol. The van der Waals surface area contributed by atoms with E-state index >= 15 is 0 Å². The van der Waals surface area contributed by atoms with Crippen LogP contribution < -0.4 is 16.4 Å². The number of hydrogen-bond acceptors (Lipinski definition) is 3. The van der Waals surface area contributed by atoms with Crippen LogP contribution in [-0.2, 0) is 9.59 Å². The van der Waals surface area contributed by atoms with Gasteiger partial charge < -0.3 is 16.4 Å². The summed E-state index contributed by atoms with van der Waals surface area (Å²) in [4.78, 5) is 22.3. The van der Waals surface area contributed by atoms with Crippen molar-refractivity contribution in [2.24, 2.45) is 11.7 Å². The maximum Gasteiger partial charge on any atom is 0.239 e. The molecule has 2 amide bonds. The standard InChI is InChI=1S/C9H19N3O2/c1-6(2)12-8(13)5-11-9(14)7(3)4-10/h6-7H,4-5,10H2,1-3H3,(H,11,14)(H,12,13). The molecule has 0 spiro atoms. The summed E-state index contributed by atoms with van der Waals surface area (Å²) in [5.41, 5.74) is 5.30. The molecule has 14 heavy (non-hydrogen) atoms. The normalized spacial score (nSPS) is 12.4. The smallest absolute Gasteiger partial charge is 0.239 e. The van der Waals surface area contributed by atoms with Crippen LogP contribution >= 0.6 is 0 Å². The summed E-state index contributed by atoms with van der Waals surface area (Å²) in [5.74, 6) is -0.620. The maximum absolute atomic E-state index is 11.2. The Bertz CT molecular complexity index is 204. The largest absolute Gasteiger partial charge is 0.352 e. The second kappa shape index (κ2) is 6.37. The molecule has 0 aromatic heterocycles. The Kier molecular flexibility index (Phi) is 5.87. The molecule has 0 fully saturated rings. The minimum atomic E-state index is -0.248. The Morgan fingerprint density at radius 3 is 2.29 bits per heavy atom. The van der Waals surface area contributed by atoms with Crippen LogP contribution in [0.1, 0.15) is 20.8 Å². The molecule has 0 heterocycles. The fourth-order valence-corrected chi connectivity index (χ4v) is 0.822. The summed E-state index contributed by atoms with van der Waals surface area (Å²) in [6, 6.07) is 0.0892. The molecule has 5 nitrogen and oxygen atoms in total. The molecule has 0 aromatic rings. The lowest BCUT2D eigenvalue weighted by Crippen LogP contribution is -2.42. The van der Waals surface area contributed by atoms with Gasteiger partial charge in [0.1, 0.15) is 0 Å².